The monoisotopic (exact) mass is 771 g/mol. The van der Waals surface area contributed by atoms with E-state index in [1.165, 1.54) is 58.8 Å². The number of fused-ring (bicyclic) bond motifs is 1. The summed E-state index contributed by atoms with van der Waals surface area (Å²) in [4.78, 5) is 2.43. The minimum Gasteiger partial charge on any atom is -0.389 e. The van der Waals surface area contributed by atoms with E-state index in [9.17, 15) is 0 Å². The fourth-order valence-electron chi connectivity index (χ4n) is 4.34. The maximum absolute atomic E-state index is 8.72. The number of nitrogens with zero attached hydrogens (tertiary/aromatic N) is 2. The molecule has 316 valence electrons. The Balaban J connectivity index is -0.000000341. The van der Waals surface area contributed by atoms with E-state index in [1.54, 1.807) is 6.08 Å². The highest BCUT2D eigenvalue weighted by molar-refractivity contribution is 5.82. The summed E-state index contributed by atoms with van der Waals surface area (Å²) in [5.41, 5.74) is 10.9. The number of benzene rings is 2. The molecule has 0 atom stereocenters. The van der Waals surface area contributed by atoms with Crippen LogP contribution in [0.5, 0.6) is 0 Å². The lowest BCUT2D eigenvalue weighted by Crippen LogP contribution is -2.26. The SMILES string of the molecule is C#CCCCCC(=C)C.C=C(/C=C/c1ccc(C)c(C)c1)NC.C=C(/C=C/c1ccc2c(ccn2CCN(CC)CC)c1)NO.CC.CC.CCC.CCCC. The molecule has 0 bridgehead atoms. The highest BCUT2D eigenvalue weighted by atomic mass is 16.5. The van der Waals surface area contributed by atoms with Crippen LogP contribution in [0.15, 0.2) is 97.5 Å². The first-order chi connectivity index (χ1) is 26.9. The smallest absolute Gasteiger partial charge is 0.0530 e. The molecule has 0 saturated carbocycles. The van der Waals surface area contributed by atoms with Gasteiger partial charge in [0.05, 0.1) is 5.70 Å². The van der Waals surface area contributed by atoms with E-state index < -0.39 is 0 Å². The number of nitrogens with one attached hydrogen (secondary N) is 2. The summed E-state index contributed by atoms with van der Waals surface area (Å²) in [5, 5.41) is 12.9. The van der Waals surface area contributed by atoms with Gasteiger partial charge in [-0.05, 0) is 106 Å². The van der Waals surface area contributed by atoms with Crippen molar-refractivity contribution in [2.24, 2.45) is 0 Å². The number of allylic oxidation sites excluding steroid dienone is 3. The Labute approximate surface area is 347 Å². The second-order valence-corrected chi connectivity index (χ2v) is 12.9. The molecule has 5 heteroatoms. The number of hydroxylamine groups is 1. The molecule has 0 spiro atoms. The molecule has 0 saturated heterocycles. The number of terminal acetylenes is 1. The van der Waals surface area contributed by atoms with Crippen molar-refractivity contribution < 1.29 is 5.21 Å². The van der Waals surface area contributed by atoms with Crippen molar-refractivity contribution >= 4 is 23.1 Å². The molecule has 1 aromatic heterocycles. The Hall–Kier alpha value is -4.24. The van der Waals surface area contributed by atoms with E-state index in [0.717, 1.165) is 56.7 Å². The van der Waals surface area contributed by atoms with Crippen LogP contribution in [0.2, 0.25) is 0 Å². The lowest BCUT2D eigenvalue weighted by Gasteiger charge is -2.18. The number of hydrogen-bond acceptors (Lipinski definition) is 4. The van der Waals surface area contributed by atoms with Gasteiger partial charge in [-0.15, -0.1) is 18.9 Å². The molecular weight excluding hydrogens is 685 g/mol. The van der Waals surface area contributed by atoms with Crippen molar-refractivity contribution in [2.45, 2.75) is 141 Å². The standard InChI is InChI=1S/C18H25N3O.C13H17N.C9H14.C4H10.C3H8.2C2H6/c1-4-20(5-2)12-13-21-11-10-17-14-16(8-9-18(17)21)7-6-15(3)19-22;1-10-5-7-13(9-11(10)2)8-6-12(3)14-4;1-4-5-6-7-8-9(2)3;1-3-4-2;1-3-2;2*1-2/h6-11,14,19,22H,3-5,12-13H2,1-2H3;5-9,14H,3H2,1-2,4H3;1H,2,5-8H2,3H3;3-4H2,1-2H3;3H2,1-2H3;2*1-2H3/b7-6+;8-6+;;;;;. The van der Waals surface area contributed by atoms with Gasteiger partial charge in [0, 0.05) is 49.4 Å². The van der Waals surface area contributed by atoms with E-state index in [-0.39, 0.29) is 0 Å². The Morgan fingerprint density at radius 3 is 1.80 bits per heavy atom. The molecule has 0 amide bonds. The van der Waals surface area contributed by atoms with Crippen LogP contribution in [0, 0.1) is 26.2 Å². The highest BCUT2D eigenvalue weighted by Gasteiger charge is 2.04. The number of aromatic nitrogens is 1. The molecule has 1 heterocycles. The topological polar surface area (TPSA) is 52.5 Å². The maximum Gasteiger partial charge on any atom is 0.0530 e. The van der Waals surface area contributed by atoms with Crippen LogP contribution in [-0.4, -0.2) is 41.4 Å². The van der Waals surface area contributed by atoms with Gasteiger partial charge in [-0.25, -0.2) is 0 Å². The van der Waals surface area contributed by atoms with Crippen LogP contribution in [-0.2, 0) is 6.54 Å². The maximum atomic E-state index is 8.72. The second kappa shape index (κ2) is 41.9. The molecule has 0 aliphatic heterocycles. The third-order valence-corrected chi connectivity index (χ3v) is 7.97. The number of likely N-dealkylation sites (N-methyl/N-ethyl adjacent to an activating group) is 2. The molecule has 3 N–H and O–H groups in total. The van der Waals surface area contributed by atoms with Crippen LogP contribution in [0.3, 0.4) is 0 Å². The predicted molar refractivity (Wildman–Crippen MR) is 257 cm³/mol. The quantitative estimate of drug-likeness (QED) is 0.0446. The van der Waals surface area contributed by atoms with Crippen molar-refractivity contribution in [3.8, 4) is 12.3 Å². The van der Waals surface area contributed by atoms with Crippen LogP contribution in [0.1, 0.15) is 143 Å². The summed E-state index contributed by atoms with van der Waals surface area (Å²) in [6.07, 6.45) is 23.2. The second-order valence-electron chi connectivity index (χ2n) is 12.9. The average Bonchev–Trinajstić information content (AvgIpc) is 3.63. The summed E-state index contributed by atoms with van der Waals surface area (Å²) in [7, 11) is 1.87. The molecule has 0 fully saturated rings. The van der Waals surface area contributed by atoms with Crippen molar-refractivity contribution in [1.29, 1.82) is 0 Å². The van der Waals surface area contributed by atoms with Gasteiger partial charge in [0.2, 0.25) is 0 Å². The summed E-state index contributed by atoms with van der Waals surface area (Å²) < 4.78 is 2.30. The van der Waals surface area contributed by atoms with Crippen molar-refractivity contribution in [3.63, 3.8) is 0 Å². The first-order valence-electron chi connectivity index (χ1n) is 21.2. The van der Waals surface area contributed by atoms with Gasteiger partial charge in [-0.3, -0.25) is 10.7 Å². The number of rotatable bonds is 16. The van der Waals surface area contributed by atoms with Crippen LogP contribution in [0.25, 0.3) is 23.1 Å². The van der Waals surface area contributed by atoms with Gasteiger partial charge in [0.15, 0.2) is 0 Å². The predicted octanol–water partition coefficient (Wildman–Crippen LogP) is 14.6. The Morgan fingerprint density at radius 1 is 0.804 bits per heavy atom. The number of unbranched alkanes of at least 4 members (excludes halogenated alkanes) is 3. The van der Waals surface area contributed by atoms with E-state index in [1.807, 2.05) is 52.4 Å². The third-order valence-electron chi connectivity index (χ3n) is 7.97. The van der Waals surface area contributed by atoms with Gasteiger partial charge in [0.25, 0.3) is 0 Å². The van der Waals surface area contributed by atoms with E-state index in [0.29, 0.717) is 5.70 Å². The third kappa shape index (κ3) is 32.0. The van der Waals surface area contributed by atoms with Crippen LogP contribution in [0.4, 0.5) is 0 Å². The summed E-state index contributed by atoms with van der Waals surface area (Å²) in [6, 6.07) is 14.9. The minimum absolute atomic E-state index is 0.469. The molecule has 0 aliphatic carbocycles. The fraction of sp³-hybridized carbons (Fsp3) is 0.490. The van der Waals surface area contributed by atoms with E-state index in [2.05, 4.69) is 157 Å². The normalized spacial score (nSPS) is 9.62. The van der Waals surface area contributed by atoms with E-state index in [4.69, 9.17) is 11.6 Å². The van der Waals surface area contributed by atoms with Gasteiger partial charge < -0.3 is 14.8 Å². The highest BCUT2D eigenvalue weighted by Crippen LogP contribution is 2.19. The number of aryl methyl sites for hydroxylation is 2. The van der Waals surface area contributed by atoms with E-state index >= 15 is 0 Å². The largest absolute Gasteiger partial charge is 0.389 e. The molecule has 5 nitrogen and oxygen atoms in total. The van der Waals surface area contributed by atoms with Crippen molar-refractivity contribution in [2.75, 3.05) is 26.7 Å². The molecule has 0 aliphatic rings. The van der Waals surface area contributed by atoms with Gasteiger partial charge >= 0.3 is 0 Å². The zero-order valence-electron chi connectivity index (χ0n) is 38.7. The van der Waals surface area contributed by atoms with Crippen LogP contribution < -0.4 is 10.8 Å². The minimum atomic E-state index is 0.469. The van der Waals surface area contributed by atoms with Crippen LogP contribution >= 0.6 is 0 Å². The lowest BCUT2D eigenvalue weighted by molar-refractivity contribution is 0.205. The molecule has 3 aromatic rings. The molecule has 3 rings (SSSR count). The first-order valence-corrected chi connectivity index (χ1v) is 21.2. The molecular formula is C51H86N4O. The zero-order valence-corrected chi connectivity index (χ0v) is 38.7. The van der Waals surface area contributed by atoms with Gasteiger partial charge in [0.1, 0.15) is 0 Å². The number of hydrogen-bond donors (Lipinski definition) is 3. The zero-order chi connectivity index (χ0) is 43.7. The summed E-state index contributed by atoms with van der Waals surface area (Å²) >= 11 is 0. The first kappa shape index (κ1) is 58.5. The molecule has 56 heavy (non-hydrogen) atoms. The van der Waals surface area contributed by atoms with Crippen molar-refractivity contribution in [3.05, 3.63) is 120 Å². The Bertz CT molecular complexity index is 1500. The molecule has 0 unspecified atom stereocenters. The average molecular weight is 771 g/mol. The van der Waals surface area contributed by atoms with Gasteiger partial charge in [-0.2, -0.15) is 0 Å². The van der Waals surface area contributed by atoms with Crippen molar-refractivity contribution in [1.82, 2.24) is 20.3 Å². The summed E-state index contributed by atoms with van der Waals surface area (Å²) in [5.74, 6) is 2.61. The molecule has 0 radical (unpaired) electrons. The fourth-order valence-corrected chi connectivity index (χ4v) is 4.34. The lowest BCUT2D eigenvalue weighted by atomic mass is 10.1. The summed E-state index contributed by atoms with van der Waals surface area (Å²) in [6.45, 7) is 42.8. The Kier molecular flexibility index (Phi) is 43.8. The van der Waals surface area contributed by atoms with Gasteiger partial charge in [-0.1, -0.05) is 144 Å². The molecule has 2 aromatic carbocycles. The Morgan fingerprint density at radius 2 is 1.34 bits per heavy atom.